The fourth-order valence-corrected chi connectivity index (χ4v) is 2.91. The summed E-state index contributed by atoms with van der Waals surface area (Å²) in [4.78, 5) is 4.23. The van der Waals surface area contributed by atoms with Crippen LogP contribution >= 0.6 is 39.9 Å². The van der Waals surface area contributed by atoms with Crippen LogP contribution in [0.5, 0.6) is 11.5 Å². The first-order valence-corrected chi connectivity index (χ1v) is 8.90. The maximum atomic E-state index is 13.9. The second-order valence-electron chi connectivity index (χ2n) is 5.64. The van der Waals surface area contributed by atoms with Gasteiger partial charge in [-0.1, -0.05) is 22.0 Å². The highest BCUT2D eigenvalue weighted by atomic mass is 127. The van der Waals surface area contributed by atoms with Crippen LogP contribution in [0.25, 0.3) is 0 Å². The third-order valence-electron chi connectivity index (χ3n) is 3.94. The summed E-state index contributed by atoms with van der Waals surface area (Å²) < 4.78 is 25.2. The SMILES string of the molecule is CN=C(NCc1cc(Br)ccc1OC)NC(C)c1ccc(OC)c(F)c1.I. The summed E-state index contributed by atoms with van der Waals surface area (Å²) in [6, 6.07) is 10.6. The molecule has 1 atom stereocenters. The monoisotopic (exact) mass is 551 g/mol. The molecule has 0 aliphatic heterocycles. The van der Waals surface area contributed by atoms with Crippen LogP contribution in [-0.2, 0) is 6.54 Å². The van der Waals surface area contributed by atoms with E-state index in [2.05, 4.69) is 31.6 Å². The minimum Gasteiger partial charge on any atom is -0.496 e. The molecule has 0 saturated carbocycles. The van der Waals surface area contributed by atoms with Crippen LogP contribution in [0.1, 0.15) is 24.1 Å². The molecule has 0 bridgehead atoms. The highest BCUT2D eigenvalue weighted by Crippen LogP contribution is 2.23. The van der Waals surface area contributed by atoms with E-state index in [1.54, 1.807) is 20.2 Å². The molecule has 1 unspecified atom stereocenters. The molecule has 0 fully saturated rings. The van der Waals surface area contributed by atoms with Gasteiger partial charge < -0.3 is 20.1 Å². The maximum absolute atomic E-state index is 13.9. The van der Waals surface area contributed by atoms with Crippen molar-refractivity contribution < 1.29 is 13.9 Å². The normalized spacial score (nSPS) is 12.0. The van der Waals surface area contributed by atoms with E-state index in [0.717, 1.165) is 21.3 Å². The zero-order valence-electron chi connectivity index (χ0n) is 15.7. The van der Waals surface area contributed by atoms with Crippen LogP contribution in [-0.4, -0.2) is 27.2 Å². The van der Waals surface area contributed by atoms with Crippen molar-refractivity contribution in [2.24, 2.45) is 4.99 Å². The smallest absolute Gasteiger partial charge is 0.191 e. The maximum Gasteiger partial charge on any atom is 0.191 e. The van der Waals surface area contributed by atoms with Crippen LogP contribution in [0.3, 0.4) is 0 Å². The van der Waals surface area contributed by atoms with Crippen molar-refractivity contribution in [3.05, 3.63) is 57.8 Å². The number of halogens is 3. The molecular formula is C19H24BrFIN3O2. The van der Waals surface area contributed by atoms with Gasteiger partial charge in [-0.25, -0.2) is 4.39 Å². The Morgan fingerprint density at radius 2 is 1.81 bits per heavy atom. The van der Waals surface area contributed by atoms with Gasteiger partial charge in [0.2, 0.25) is 0 Å². The van der Waals surface area contributed by atoms with Crippen molar-refractivity contribution in [3.63, 3.8) is 0 Å². The molecule has 148 valence electrons. The predicted octanol–water partition coefficient (Wildman–Crippen LogP) is 4.65. The molecule has 0 aromatic heterocycles. The Balaban J connectivity index is 0.00000364. The summed E-state index contributed by atoms with van der Waals surface area (Å²) >= 11 is 3.46. The molecule has 0 amide bonds. The predicted molar refractivity (Wildman–Crippen MR) is 121 cm³/mol. The largest absolute Gasteiger partial charge is 0.496 e. The van der Waals surface area contributed by atoms with Crippen molar-refractivity contribution >= 4 is 45.9 Å². The Kier molecular flexibility index (Phi) is 9.86. The third-order valence-corrected chi connectivity index (χ3v) is 4.43. The van der Waals surface area contributed by atoms with Gasteiger partial charge in [-0.15, -0.1) is 24.0 Å². The van der Waals surface area contributed by atoms with Crippen molar-refractivity contribution in [2.45, 2.75) is 19.5 Å². The van der Waals surface area contributed by atoms with Crippen LogP contribution in [0, 0.1) is 5.82 Å². The number of ether oxygens (including phenoxy) is 2. The molecule has 2 rings (SSSR count). The molecule has 2 aromatic carbocycles. The summed E-state index contributed by atoms with van der Waals surface area (Å²) in [5.41, 5.74) is 1.79. The van der Waals surface area contributed by atoms with Crippen molar-refractivity contribution in [3.8, 4) is 11.5 Å². The number of nitrogens with one attached hydrogen (secondary N) is 2. The molecule has 0 heterocycles. The molecule has 2 N–H and O–H groups in total. The van der Waals surface area contributed by atoms with Gasteiger partial charge >= 0.3 is 0 Å². The van der Waals surface area contributed by atoms with E-state index in [1.807, 2.05) is 31.2 Å². The topological polar surface area (TPSA) is 54.9 Å². The van der Waals surface area contributed by atoms with Crippen molar-refractivity contribution in [1.29, 1.82) is 0 Å². The Morgan fingerprint density at radius 3 is 2.41 bits per heavy atom. The van der Waals surface area contributed by atoms with E-state index in [1.165, 1.54) is 13.2 Å². The summed E-state index contributed by atoms with van der Waals surface area (Å²) in [6.45, 7) is 2.47. The van der Waals surface area contributed by atoms with E-state index >= 15 is 0 Å². The molecule has 0 spiro atoms. The fourth-order valence-electron chi connectivity index (χ4n) is 2.50. The lowest BCUT2D eigenvalue weighted by atomic mass is 10.1. The van der Waals surface area contributed by atoms with Gasteiger partial charge in [0.1, 0.15) is 5.75 Å². The molecule has 5 nitrogen and oxygen atoms in total. The number of benzene rings is 2. The molecule has 27 heavy (non-hydrogen) atoms. The quantitative estimate of drug-likeness (QED) is 0.312. The summed E-state index contributed by atoms with van der Waals surface area (Å²) in [6.07, 6.45) is 0. The van der Waals surface area contributed by atoms with Crippen LogP contribution in [0.2, 0.25) is 0 Å². The Hall–Kier alpha value is -1.55. The molecule has 2 aromatic rings. The minimum atomic E-state index is -0.388. The highest BCUT2D eigenvalue weighted by molar-refractivity contribution is 14.0. The minimum absolute atomic E-state index is 0. The van der Waals surface area contributed by atoms with Gasteiger partial charge in [-0.2, -0.15) is 0 Å². The van der Waals surface area contributed by atoms with Gasteiger partial charge in [-0.3, -0.25) is 4.99 Å². The van der Waals surface area contributed by atoms with Crippen molar-refractivity contribution in [2.75, 3.05) is 21.3 Å². The van der Waals surface area contributed by atoms with E-state index < -0.39 is 0 Å². The number of rotatable bonds is 6. The summed E-state index contributed by atoms with van der Waals surface area (Å²) in [5, 5.41) is 6.49. The van der Waals surface area contributed by atoms with Crippen LogP contribution < -0.4 is 20.1 Å². The third kappa shape index (κ3) is 6.53. The number of aliphatic imine (C=N–C) groups is 1. The first-order chi connectivity index (χ1) is 12.5. The van der Waals surface area contributed by atoms with E-state index in [-0.39, 0.29) is 41.6 Å². The lowest BCUT2D eigenvalue weighted by Crippen LogP contribution is -2.38. The molecule has 0 aliphatic carbocycles. The average molecular weight is 552 g/mol. The van der Waals surface area contributed by atoms with Gasteiger partial charge in [0.15, 0.2) is 17.5 Å². The van der Waals surface area contributed by atoms with Gasteiger partial charge in [0.25, 0.3) is 0 Å². The Bertz CT molecular complexity index is 790. The first kappa shape index (κ1) is 23.5. The van der Waals surface area contributed by atoms with Gasteiger partial charge in [-0.05, 0) is 42.8 Å². The second-order valence-corrected chi connectivity index (χ2v) is 6.56. The van der Waals surface area contributed by atoms with Gasteiger partial charge in [0.05, 0.1) is 20.3 Å². The second kappa shape index (κ2) is 11.3. The molecule has 0 radical (unpaired) electrons. The standard InChI is InChI=1S/C19H23BrFN3O2.HI/c1-12(13-5-7-18(26-4)16(21)10-13)24-19(22-2)23-11-14-9-15(20)6-8-17(14)25-3;/h5-10,12H,11H2,1-4H3,(H2,22,23,24);1H. The van der Waals surface area contributed by atoms with E-state index in [9.17, 15) is 4.39 Å². The molecule has 0 saturated heterocycles. The lowest BCUT2D eigenvalue weighted by molar-refractivity contribution is 0.386. The number of guanidine groups is 1. The number of hydrogen-bond acceptors (Lipinski definition) is 3. The van der Waals surface area contributed by atoms with Crippen LogP contribution in [0.15, 0.2) is 45.9 Å². The highest BCUT2D eigenvalue weighted by Gasteiger charge is 2.12. The molecule has 0 aliphatic rings. The summed E-state index contributed by atoms with van der Waals surface area (Å²) in [5.74, 6) is 1.24. The zero-order chi connectivity index (χ0) is 19.1. The number of nitrogens with zero attached hydrogens (tertiary/aromatic N) is 1. The number of methoxy groups -OCH3 is 2. The molecular weight excluding hydrogens is 528 g/mol. The number of hydrogen-bond donors (Lipinski definition) is 2. The lowest BCUT2D eigenvalue weighted by Gasteiger charge is -2.19. The van der Waals surface area contributed by atoms with E-state index in [0.29, 0.717) is 12.5 Å². The van der Waals surface area contributed by atoms with Crippen molar-refractivity contribution in [1.82, 2.24) is 10.6 Å². The first-order valence-electron chi connectivity index (χ1n) is 8.11. The van der Waals surface area contributed by atoms with Gasteiger partial charge in [0, 0.05) is 23.6 Å². The summed E-state index contributed by atoms with van der Waals surface area (Å²) in [7, 11) is 4.77. The Morgan fingerprint density at radius 1 is 1.15 bits per heavy atom. The average Bonchev–Trinajstić information content (AvgIpc) is 2.64. The Labute approximate surface area is 184 Å². The zero-order valence-corrected chi connectivity index (χ0v) is 19.6. The molecule has 8 heteroatoms. The van der Waals surface area contributed by atoms with Crippen LogP contribution in [0.4, 0.5) is 4.39 Å². The van der Waals surface area contributed by atoms with E-state index in [4.69, 9.17) is 9.47 Å². The fraction of sp³-hybridized carbons (Fsp3) is 0.316.